The highest BCUT2D eigenvalue weighted by Gasteiger charge is 2.27. The molecule has 4 heteroatoms. The van der Waals surface area contributed by atoms with Gasteiger partial charge in [0.15, 0.2) is 0 Å². The number of ether oxygens (including phenoxy) is 1. The third-order valence-electron chi connectivity index (χ3n) is 3.45. The number of hydrogen-bond donors (Lipinski definition) is 1. The van der Waals surface area contributed by atoms with E-state index in [0.717, 1.165) is 49.7 Å². The van der Waals surface area contributed by atoms with E-state index in [9.17, 15) is 5.11 Å². The fourth-order valence-corrected chi connectivity index (χ4v) is 2.65. The fourth-order valence-electron chi connectivity index (χ4n) is 2.52. The Labute approximate surface area is 120 Å². The smallest absolute Gasteiger partial charge is 0.119 e. The van der Waals surface area contributed by atoms with Crippen molar-refractivity contribution in [3.63, 3.8) is 0 Å². The standard InChI is InChI=1S/C15H22ClNO2/c1-15(18)8-2-9-17(12-15)10-3-11-19-14-6-4-13(16)5-7-14/h4-7,18H,2-3,8-12H2,1H3. The molecule has 0 amide bonds. The van der Waals surface area contributed by atoms with Crippen molar-refractivity contribution < 1.29 is 9.84 Å². The molecule has 1 aliphatic rings. The monoisotopic (exact) mass is 283 g/mol. The van der Waals surface area contributed by atoms with Gasteiger partial charge in [-0.15, -0.1) is 0 Å². The lowest BCUT2D eigenvalue weighted by atomic mass is 9.95. The number of halogens is 1. The van der Waals surface area contributed by atoms with E-state index in [1.807, 2.05) is 31.2 Å². The summed E-state index contributed by atoms with van der Waals surface area (Å²) in [6.45, 7) is 5.44. The third-order valence-corrected chi connectivity index (χ3v) is 3.71. The van der Waals surface area contributed by atoms with E-state index in [4.69, 9.17) is 16.3 Å². The molecule has 0 aromatic heterocycles. The van der Waals surface area contributed by atoms with Gasteiger partial charge < -0.3 is 14.7 Å². The lowest BCUT2D eigenvalue weighted by molar-refractivity contribution is -0.0165. The molecule has 1 unspecified atom stereocenters. The Morgan fingerprint density at radius 3 is 2.79 bits per heavy atom. The van der Waals surface area contributed by atoms with Gasteiger partial charge in [0.25, 0.3) is 0 Å². The summed E-state index contributed by atoms with van der Waals surface area (Å²) in [4.78, 5) is 2.31. The molecule has 106 valence electrons. The van der Waals surface area contributed by atoms with E-state index in [1.54, 1.807) is 0 Å². The number of nitrogens with zero attached hydrogens (tertiary/aromatic N) is 1. The minimum Gasteiger partial charge on any atom is -0.494 e. The predicted molar refractivity (Wildman–Crippen MR) is 77.9 cm³/mol. The Morgan fingerprint density at radius 1 is 1.37 bits per heavy atom. The zero-order valence-corrected chi connectivity index (χ0v) is 12.2. The van der Waals surface area contributed by atoms with Crippen LogP contribution in [0.5, 0.6) is 5.75 Å². The molecule has 1 fully saturated rings. The van der Waals surface area contributed by atoms with Gasteiger partial charge in [0.05, 0.1) is 12.2 Å². The van der Waals surface area contributed by atoms with Gasteiger partial charge in [-0.25, -0.2) is 0 Å². The van der Waals surface area contributed by atoms with Gasteiger partial charge in [-0.05, 0) is 57.0 Å². The van der Waals surface area contributed by atoms with Crippen LogP contribution in [0.1, 0.15) is 26.2 Å². The summed E-state index contributed by atoms with van der Waals surface area (Å²) >= 11 is 5.82. The Kier molecular flexibility index (Phi) is 5.08. The number of piperidine rings is 1. The van der Waals surface area contributed by atoms with Gasteiger partial charge in [0, 0.05) is 18.1 Å². The molecule has 0 aliphatic carbocycles. The lowest BCUT2D eigenvalue weighted by Gasteiger charge is -2.36. The summed E-state index contributed by atoms with van der Waals surface area (Å²) in [6.07, 6.45) is 2.95. The van der Waals surface area contributed by atoms with Gasteiger partial charge in [0.1, 0.15) is 5.75 Å². The van der Waals surface area contributed by atoms with E-state index in [-0.39, 0.29) is 0 Å². The first kappa shape index (κ1) is 14.6. The van der Waals surface area contributed by atoms with Crippen molar-refractivity contribution in [2.45, 2.75) is 31.8 Å². The molecular weight excluding hydrogens is 262 g/mol. The summed E-state index contributed by atoms with van der Waals surface area (Å²) in [6, 6.07) is 7.43. The van der Waals surface area contributed by atoms with Crippen molar-refractivity contribution in [3.05, 3.63) is 29.3 Å². The van der Waals surface area contributed by atoms with E-state index >= 15 is 0 Å². The Bertz CT molecular complexity index is 392. The van der Waals surface area contributed by atoms with Gasteiger partial charge in [-0.1, -0.05) is 11.6 Å². The van der Waals surface area contributed by atoms with Crippen LogP contribution < -0.4 is 4.74 Å². The number of hydrogen-bond acceptors (Lipinski definition) is 3. The molecule has 1 atom stereocenters. The van der Waals surface area contributed by atoms with Crippen LogP contribution in [0.2, 0.25) is 5.02 Å². The molecule has 1 saturated heterocycles. The highest BCUT2D eigenvalue weighted by atomic mass is 35.5. The number of benzene rings is 1. The van der Waals surface area contributed by atoms with Crippen LogP contribution in [0.25, 0.3) is 0 Å². The third kappa shape index (κ3) is 5.01. The average molecular weight is 284 g/mol. The first-order valence-corrected chi connectivity index (χ1v) is 7.26. The molecule has 19 heavy (non-hydrogen) atoms. The highest BCUT2D eigenvalue weighted by molar-refractivity contribution is 6.30. The maximum absolute atomic E-state index is 10.0. The summed E-state index contributed by atoms with van der Waals surface area (Å²) in [5.74, 6) is 0.857. The summed E-state index contributed by atoms with van der Waals surface area (Å²) in [5.41, 5.74) is -0.519. The van der Waals surface area contributed by atoms with Crippen molar-refractivity contribution in [1.82, 2.24) is 4.90 Å². The Balaban J connectivity index is 1.65. The zero-order valence-electron chi connectivity index (χ0n) is 11.4. The minimum atomic E-state index is -0.519. The second-order valence-electron chi connectivity index (χ2n) is 5.53. The molecule has 1 heterocycles. The fraction of sp³-hybridized carbons (Fsp3) is 0.600. The molecule has 1 aliphatic heterocycles. The van der Waals surface area contributed by atoms with E-state index in [0.29, 0.717) is 6.61 Å². The van der Waals surface area contributed by atoms with Crippen LogP contribution in [0, 0.1) is 0 Å². The van der Waals surface area contributed by atoms with Crippen LogP contribution in [-0.2, 0) is 0 Å². The van der Waals surface area contributed by atoms with Gasteiger partial charge in [-0.2, -0.15) is 0 Å². The van der Waals surface area contributed by atoms with Crippen molar-refractivity contribution in [2.75, 3.05) is 26.2 Å². The molecule has 2 rings (SSSR count). The normalized spacial score (nSPS) is 24.4. The highest BCUT2D eigenvalue weighted by Crippen LogP contribution is 2.20. The summed E-state index contributed by atoms with van der Waals surface area (Å²) < 4.78 is 5.66. The zero-order chi connectivity index (χ0) is 13.7. The molecule has 1 aromatic rings. The van der Waals surface area contributed by atoms with Crippen LogP contribution in [-0.4, -0.2) is 41.8 Å². The second-order valence-corrected chi connectivity index (χ2v) is 5.97. The quantitative estimate of drug-likeness (QED) is 0.844. The van der Waals surface area contributed by atoms with Gasteiger partial charge in [-0.3, -0.25) is 0 Å². The van der Waals surface area contributed by atoms with Crippen LogP contribution >= 0.6 is 11.6 Å². The Hall–Kier alpha value is -0.770. The van der Waals surface area contributed by atoms with E-state index in [1.165, 1.54) is 0 Å². The molecule has 0 saturated carbocycles. The molecule has 3 nitrogen and oxygen atoms in total. The SMILES string of the molecule is CC1(O)CCCN(CCCOc2ccc(Cl)cc2)C1. The minimum absolute atomic E-state index is 0.519. The maximum atomic E-state index is 10.0. The average Bonchev–Trinajstić information content (AvgIpc) is 2.36. The van der Waals surface area contributed by atoms with Crippen molar-refractivity contribution in [3.8, 4) is 5.75 Å². The van der Waals surface area contributed by atoms with E-state index < -0.39 is 5.60 Å². The number of likely N-dealkylation sites (tertiary alicyclic amines) is 1. The van der Waals surface area contributed by atoms with Gasteiger partial charge in [0.2, 0.25) is 0 Å². The van der Waals surface area contributed by atoms with Crippen LogP contribution in [0.15, 0.2) is 24.3 Å². The largest absolute Gasteiger partial charge is 0.494 e. The maximum Gasteiger partial charge on any atom is 0.119 e. The Morgan fingerprint density at radius 2 is 2.11 bits per heavy atom. The van der Waals surface area contributed by atoms with Crippen LogP contribution in [0.3, 0.4) is 0 Å². The molecule has 1 aromatic carbocycles. The number of β-amino-alcohol motifs (C(OH)–C–C–N with tert-alkyl or cyclic N) is 1. The number of aliphatic hydroxyl groups is 1. The van der Waals surface area contributed by atoms with E-state index in [2.05, 4.69) is 4.90 Å². The summed E-state index contributed by atoms with van der Waals surface area (Å²) in [5, 5.41) is 10.7. The first-order valence-electron chi connectivity index (χ1n) is 6.88. The number of rotatable bonds is 5. The van der Waals surface area contributed by atoms with Crippen LogP contribution in [0.4, 0.5) is 0 Å². The topological polar surface area (TPSA) is 32.7 Å². The molecule has 0 spiro atoms. The summed E-state index contributed by atoms with van der Waals surface area (Å²) in [7, 11) is 0. The molecule has 0 radical (unpaired) electrons. The lowest BCUT2D eigenvalue weighted by Crippen LogP contribution is -2.46. The van der Waals surface area contributed by atoms with Crippen molar-refractivity contribution in [1.29, 1.82) is 0 Å². The van der Waals surface area contributed by atoms with Crippen molar-refractivity contribution in [2.24, 2.45) is 0 Å². The first-order chi connectivity index (χ1) is 9.05. The molecule has 0 bridgehead atoms. The van der Waals surface area contributed by atoms with Crippen molar-refractivity contribution >= 4 is 11.6 Å². The second kappa shape index (κ2) is 6.60. The predicted octanol–water partition coefficient (Wildman–Crippen LogP) is 2.96. The van der Waals surface area contributed by atoms with Gasteiger partial charge >= 0.3 is 0 Å². The molecular formula is C15H22ClNO2. The molecule has 1 N–H and O–H groups in total.